The number of hydrogen-bond donors (Lipinski definition) is 1. The number of rotatable bonds is 1. The van der Waals surface area contributed by atoms with Gasteiger partial charge in [0.15, 0.2) is 0 Å². The van der Waals surface area contributed by atoms with E-state index in [0.29, 0.717) is 6.04 Å². The first-order chi connectivity index (χ1) is 6.29. The highest BCUT2D eigenvalue weighted by Crippen LogP contribution is 2.33. The van der Waals surface area contributed by atoms with E-state index in [9.17, 15) is 5.21 Å². The highest BCUT2D eigenvalue weighted by molar-refractivity contribution is 5.19. The van der Waals surface area contributed by atoms with Gasteiger partial charge in [0.1, 0.15) is 0 Å². The van der Waals surface area contributed by atoms with Gasteiger partial charge in [-0.1, -0.05) is 30.3 Å². The van der Waals surface area contributed by atoms with Gasteiger partial charge in [-0.05, 0) is 25.3 Å². The molecule has 0 aromatic heterocycles. The molecule has 0 unspecified atom stereocenters. The smallest absolute Gasteiger partial charge is 0.0603 e. The lowest BCUT2D eigenvalue weighted by Crippen LogP contribution is -2.25. The molecule has 0 radical (unpaired) electrons. The lowest BCUT2D eigenvalue weighted by atomic mass is 10.1. The van der Waals surface area contributed by atoms with E-state index in [4.69, 9.17) is 0 Å². The minimum absolute atomic E-state index is 0.205. The summed E-state index contributed by atoms with van der Waals surface area (Å²) in [4.78, 5) is 0. The number of hydroxylamine groups is 2. The zero-order valence-corrected chi connectivity index (χ0v) is 7.85. The lowest BCUT2D eigenvalue weighted by Gasteiger charge is -2.21. The van der Waals surface area contributed by atoms with Gasteiger partial charge in [0.2, 0.25) is 0 Å². The quantitative estimate of drug-likeness (QED) is 0.712. The van der Waals surface area contributed by atoms with Crippen LogP contribution in [0, 0.1) is 0 Å². The molecule has 2 atom stereocenters. The van der Waals surface area contributed by atoms with Crippen LogP contribution in [0.5, 0.6) is 0 Å². The molecule has 2 heteroatoms. The van der Waals surface area contributed by atoms with Crippen LogP contribution in [0.2, 0.25) is 0 Å². The third-order valence-corrected chi connectivity index (χ3v) is 2.81. The van der Waals surface area contributed by atoms with Crippen molar-refractivity contribution in [2.45, 2.75) is 31.8 Å². The van der Waals surface area contributed by atoms with Crippen LogP contribution in [0.3, 0.4) is 0 Å². The molecule has 1 heterocycles. The van der Waals surface area contributed by atoms with Gasteiger partial charge in [-0.2, -0.15) is 5.06 Å². The average Bonchev–Trinajstić information content (AvgIpc) is 2.49. The Morgan fingerprint density at radius 1 is 1.23 bits per heavy atom. The minimum Gasteiger partial charge on any atom is -0.313 e. The van der Waals surface area contributed by atoms with E-state index in [2.05, 4.69) is 19.1 Å². The van der Waals surface area contributed by atoms with Gasteiger partial charge in [0.25, 0.3) is 0 Å². The van der Waals surface area contributed by atoms with Crippen LogP contribution in [0.15, 0.2) is 30.3 Å². The Labute approximate surface area is 78.8 Å². The van der Waals surface area contributed by atoms with Crippen LogP contribution >= 0.6 is 0 Å². The van der Waals surface area contributed by atoms with Gasteiger partial charge < -0.3 is 5.21 Å². The normalized spacial score (nSPS) is 29.4. The molecule has 1 aromatic carbocycles. The van der Waals surface area contributed by atoms with E-state index < -0.39 is 0 Å². The predicted molar refractivity (Wildman–Crippen MR) is 51.5 cm³/mol. The molecular weight excluding hydrogens is 162 g/mol. The largest absolute Gasteiger partial charge is 0.313 e. The van der Waals surface area contributed by atoms with Crippen LogP contribution in [0.1, 0.15) is 31.4 Å². The molecule has 70 valence electrons. The molecule has 1 aliphatic rings. The molecule has 0 bridgehead atoms. The molecule has 0 saturated carbocycles. The fraction of sp³-hybridized carbons (Fsp3) is 0.455. The van der Waals surface area contributed by atoms with Crippen molar-refractivity contribution >= 4 is 0 Å². The third-order valence-electron chi connectivity index (χ3n) is 2.81. The van der Waals surface area contributed by atoms with Crippen molar-refractivity contribution in [1.29, 1.82) is 0 Å². The van der Waals surface area contributed by atoms with E-state index in [1.807, 2.05) is 18.2 Å². The summed E-state index contributed by atoms with van der Waals surface area (Å²) in [5.41, 5.74) is 1.22. The van der Waals surface area contributed by atoms with Crippen molar-refractivity contribution < 1.29 is 5.21 Å². The molecule has 1 aliphatic heterocycles. The first kappa shape index (κ1) is 8.73. The molecular formula is C11H15NO. The van der Waals surface area contributed by atoms with Gasteiger partial charge in [-0.15, -0.1) is 0 Å². The third kappa shape index (κ3) is 1.60. The summed E-state index contributed by atoms with van der Waals surface area (Å²) in [7, 11) is 0. The molecule has 1 saturated heterocycles. The van der Waals surface area contributed by atoms with Crippen molar-refractivity contribution in [2.24, 2.45) is 0 Å². The van der Waals surface area contributed by atoms with E-state index in [1.54, 1.807) is 0 Å². The summed E-state index contributed by atoms with van der Waals surface area (Å²) in [6.07, 6.45) is 2.14. The molecule has 1 fully saturated rings. The Hall–Kier alpha value is -0.860. The van der Waals surface area contributed by atoms with Crippen LogP contribution < -0.4 is 0 Å². The van der Waals surface area contributed by atoms with Crippen molar-refractivity contribution in [3.63, 3.8) is 0 Å². The first-order valence-corrected chi connectivity index (χ1v) is 4.81. The van der Waals surface area contributed by atoms with Crippen LogP contribution in [-0.4, -0.2) is 16.3 Å². The molecule has 0 spiro atoms. The first-order valence-electron chi connectivity index (χ1n) is 4.81. The summed E-state index contributed by atoms with van der Waals surface area (Å²) in [5, 5.41) is 11.2. The topological polar surface area (TPSA) is 23.5 Å². The van der Waals surface area contributed by atoms with Gasteiger partial charge in [-0.3, -0.25) is 0 Å². The maximum Gasteiger partial charge on any atom is 0.0603 e. The second-order valence-electron chi connectivity index (χ2n) is 3.73. The number of hydrogen-bond acceptors (Lipinski definition) is 2. The standard InChI is InChI=1S/C11H15NO/c1-9-7-8-11(12(9)13)10-5-3-2-4-6-10/h2-6,9,11,13H,7-8H2,1H3/t9-,11-/m0/s1. The Morgan fingerprint density at radius 3 is 2.46 bits per heavy atom. The van der Waals surface area contributed by atoms with E-state index in [1.165, 1.54) is 10.6 Å². The molecule has 0 amide bonds. The van der Waals surface area contributed by atoms with Crippen molar-refractivity contribution in [1.82, 2.24) is 5.06 Å². The average molecular weight is 177 g/mol. The lowest BCUT2D eigenvalue weighted by molar-refractivity contribution is -0.130. The predicted octanol–water partition coefficient (Wildman–Crippen LogP) is 2.60. The minimum atomic E-state index is 0.205. The van der Waals surface area contributed by atoms with E-state index >= 15 is 0 Å². The monoisotopic (exact) mass is 177 g/mol. The highest BCUT2D eigenvalue weighted by Gasteiger charge is 2.29. The maximum atomic E-state index is 9.74. The highest BCUT2D eigenvalue weighted by atomic mass is 16.5. The van der Waals surface area contributed by atoms with Gasteiger partial charge in [0, 0.05) is 6.04 Å². The fourth-order valence-electron chi connectivity index (χ4n) is 1.97. The van der Waals surface area contributed by atoms with Gasteiger partial charge in [-0.25, -0.2) is 0 Å². The zero-order chi connectivity index (χ0) is 9.26. The SMILES string of the molecule is C[C@H]1CC[C@@H](c2ccccc2)N1O. The summed E-state index contributed by atoms with van der Waals surface area (Å²) in [5.74, 6) is 0. The van der Waals surface area contributed by atoms with Crippen LogP contribution in [0.4, 0.5) is 0 Å². The van der Waals surface area contributed by atoms with Crippen LogP contribution in [-0.2, 0) is 0 Å². The van der Waals surface area contributed by atoms with Gasteiger partial charge >= 0.3 is 0 Å². The summed E-state index contributed by atoms with van der Waals surface area (Å²) in [6.45, 7) is 2.06. The molecule has 2 rings (SSSR count). The van der Waals surface area contributed by atoms with Crippen molar-refractivity contribution in [2.75, 3.05) is 0 Å². The number of nitrogens with zero attached hydrogens (tertiary/aromatic N) is 1. The molecule has 1 N–H and O–H groups in total. The van der Waals surface area contributed by atoms with E-state index in [0.717, 1.165) is 12.8 Å². The molecule has 13 heavy (non-hydrogen) atoms. The fourth-order valence-corrected chi connectivity index (χ4v) is 1.97. The second-order valence-corrected chi connectivity index (χ2v) is 3.73. The van der Waals surface area contributed by atoms with E-state index in [-0.39, 0.29) is 6.04 Å². The Kier molecular flexibility index (Phi) is 2.34. The summed E-state index contributed by atoms with van der Waals surface area (Å²) in [6, 6.07) is 10.7. The molecule has 0 aliphatic carbocycles. The summed E-state index contributed by atoms with van der Waals surface area (Å²) < 4.78 is 0. The Balaban J connectivity index is 2.19. The maximum absolute atomic E-state index is 9.74. The Morgan fingerprint density at radius 2 is 1.92 bits per heavy atom. The van der Waals surface area contributed by atoms with Crippen molar-refractivity contribution in [3.8, 4) is 0 Å². The Bertz CT molecular complexity index is 273. The van der Waals surface area contributed by atoms with Crippen LogP contribution in [0.25, 0.3) is 0 Å². The zero-order valence-electron chi connectivity index (χ0n) is 7.85. The second kappa shape index (κ2) is 3.48. The summed E-state index contributed by atoms with van der Waals surface area (Å²) >= 11 is 0. The molecule has 1 aromatic rings. The van der Waals surface area contributed by atoms with Crippen molar-refractivity contribution in [3.05, 3.63) is 35.9 Å². The van der Waals surface area contributed by atoms with Gasteiger partial charge in [0.05, 0.1) is 6.04 Å². The number of benzene rings is 1. The molecule has 2 nitrogen and oxygen atoms in total.